The van der Waals surface area contributed by atoms with E-state index in [1.54, 1.807) is 0 Å². The van der Waals surface area contributed by atoms with Gasteiger partial charge in [0, 0.05) is 5.02 Å². The molecule has 0 aliphatic heterocycles. The molecule has 0 heterocycles. The van der Waals surface area contributed by atoms with Gasteiger partial charge in [-0.2, -0.15) is 0 Å². The predicted molar refractivity (Wildman–Crippen MR) is 70.2 cm³/mol. The molecular weight excluding hydrogens is 333 g/mol. The number of carbonyl (C=O) groups excluding carboxylic acids is 2. The number of methoxy groups -OCH3 is 1. The van der Waals surface area contributed by atoms with Crippen LogP contribution in [0.3, 0.4) is 0 Å². The Hall–Kier alpha value is -0.780. The van der Waals surface area contributed by atoms with Crippen molar-refractivity contribution in [1.29, 1.82) is 0 Å². The lowest BCUT2D eigenvalue weighted by Gasteiger charge is -2.11. The van der Waals surface area contributed by atoms with E-state index in [4.69, 9.17) is 23.2 Å². The minimum atomic E-state index is -0.642. The fourth-order valence-electron chi connectivity index (χ4n) is 1.17. The van der Waals surface area contributed by atoms with Gasteiger partial charge in [-0.05, 0) is 12.1 Å². The zero-order chi connectivity index (χ0) is 13.0. The number of ether oxygens (including phenoxy) is 1. The van der Waals surface area contributed by atoms with E-state index in [0.29, 0.717) is 5.02 Å². The van der Waals surface area contributed by atoms with Crippen LogP contribution in [0.25, 0.3) is 0 Å². The van der Waals surface area contributed by atoms with Crippen molar-refractivity contribution in [2.45, 2.75) is 0 Å². The summed E-state index contributed by atoms with van der Waals surface area (Å²) in [5.41, 5.74) is 0.298. The molecule has 17 heavy (non-hydrogen) atoms. The number of benzene rings is 1. The van der Waals surface area contributed by atoms with Gasteiger partial charge in [0.2, 0.25) is 5.91 Å². The fourth-order valence-corrected chi connectivity index (χ4v) is 1.88. The fraction of sp³-hybridized carbons (Fsp3) is 0.200. The first kappa shape index (κ1) is 14.3. The average molecular weight is 341 g/mol. The summed E-state index contributed by atoms with van der Waals surface area (Å²) in [5, 5.41) is 3.03. The Kier molecular flexibility index (Phi) is 5.24. The number of carbonyl (C=O) groups is 2. The Bertz CT molecular complexity index is 465. The van der Waals surface area contributed by atoms with Crippen LogP contribution in [0, 0.1) is 0 Å². The van der Waals surface area contributed by atoms with Crippen molar-refractivity contribution in [3.63, 3.8) is 0 Å². The molecule has 0 aromatic heterocycles. The summed E-state index contributed by atoms with van der Waals surface area (Å²) in [5.74, 6) is -0.968. The highest BCUT2D eigenvalue weighted by Gasteiger charge is 2.18. The van der Waals surface area contributed by atoms with Gasteiger partial charge in [0.15, 0.2) is 0 Å². The van der Waals surface area contributed by atoms with Crippen molar-refractivity contribution in [3.8, 4) is 0 Å². The van der Waals surface area contributed by atoms with Crippen LogP contribution in [0.15, 0.2) is 12.1 Å². The highest BCUT2D eigenvalue weighted by Crippen LogP contribution is 2.29. The zero-order valence-corrected chi connectivity index (χ0v) is 11.8. The first-order valence-electron chi connectivity index (χ1n) is 4.42. The first-order valence-corrected chi connectivity index (χ1v) is 6.30. The normalized spacial score (nSPS) is 9.88. The monoisotopic (exact) mass is 339 g/mol. The third-order valence-electron chi connectivity index (χ3n) is 1.84. The molecule has 4 nitrogen and oxygen atoms in total. The maximum absolute atomic E-state index is 11.5. The summed E-state index contributed by atoms with van der Waals surface area (Å²) in [6.45, 7) is 0. The summed E-state index contributed by atoms with van der Waals surface area (Å²) in [6, 6.07) is 2.83. The quantitative estimate of drug-likeness (QED) is 0.679. The lowest BCUT2D eigenvalue weighted by Crippen LogP contribution is -2.16. The number of alkyl halides is 1. The average Bonchev–Trinajstić information content (AvgIpc) is 2.27. The van der Waals surface area contributed by atoms with Gasteiger partial charge in [0.1, 0.15) is 5.56 Å². The summed E-state index contributed by atoms with van der Waals surface area (Å²) in [4.78, 5) is 22.8. The molecular formula is C10H8BrCl2NO3. The van der Waals surface area contributed by atoms with Crippen molar-refractivity contribution >= 4 is 56.7 Å². The molecule has 1 N–H and O–H groups in total. The third-order valence-corrected chi connectivity index (χ3v) is 2.87. The van der Waals surface area contributed by atoms with E-state index < -0.39 is 5.97 Å². The molecule has 7 heteroatoms. The Morgan fingerprint density at radius 1 is 1.41 bits per heavy atom. The van der Waals surface area contributed by atoms with Gasteiger partial charge in [-0.25, -0.2) is 4.79 Å². The molecule has 0 aliphatic carbocycles. The van der Waals surface area contributed by atoms with Crippen molar-refractivity contribution < 1.29 is 14.3 Å². The van der Waals surface area contributed by atoms with Crippen LogP contribution in [-0.4, -0.2) is 24.3 Å². The van der Waals surface area contributed by atoms with Gasteiger partial charge >= 0.3 is 5.97 Å². The molecule has 1 aromatic rings. The van der Waals surface area contributed by atoms with E-state index >= 15 is 0 Å². The molecule has 0 bridgehead atoms. The smallest absolute Gasteiger partial charge is 0.341 e. The topological polar surface area (TPSA) is 55.4 Å². The Morgan fingerprint density at radius 3 is 2.59 bits per heavy atom. The first-order chi connectivity index (χ1) is 7.99. The van der Waals surface area contributed by atoms with Crippen molar-refractivity contribution in [2.24, 2.45) is 0 Å². The van der Waals surface area contributed by atoms with Gasteiger partial charge < -0.3 is 10.1 Å². The largest absolute Gasteiger partial charge is 0.465 e. The summed E-state index contributed by atoms with van der Waals surface area (Å²) in [6.07, 6.45) is 0. The van der Waals surface area contributed by atoms with Gasteiger partial charge in [0.25, 0.3) is 0 Å². The lowest BCUT2D eigenvalue weighted by atomic mass is 10.1. The summed E-state index contributed by atoms with van der Waals surface area (Å²) in [7, 11) is 1.23. The van der Waals surface area contributed by atoms with E-state index in [1.807, 2.05) is 0 Å². The molecule has 1 rings (SSSR count). The molecule has 0 atom stereocenters. The van der Waals surface area contributed by atoms with E-state index in [0.717, 1.165) is 0 Å². The molecule has 0 radical (unpaired) electrons. The van der Waals surface area contributed by atoms with E-state index in [9.17, 15) is 9.59 Å². The van der Waals surface area contributed by atoms with Crippen LogP contribution in [0.4, 0.5) is 5.69 Å². The van der Waals surface area contributed by atoms with Gasteiger partial charge in [-0.3, -0.25) is 4.79 Å². The Balaban J connectivity index is 3.25. The number of hydrogen-bond acceptors (Lipinski definition) is 3. The van der Waals surface area contributed by atoms with Gasteiger partial charge in [0.05, 0.1) is 23.1 Å². The Morgan fingerprint density at radius 2 is 2.06 bits per heavy atom. The van der Waals surface area contributed by atoms with Crippen LogP contribution in [0.2, 0.25) is 10.0 Å². The predicted octanol–water partition coefficient (Wildman–Crippen LogP) is 3.11. The molecule has 0 aliphatic rings. The molecule has 1 amide bonds. The second-order valence-electron chi connectivity index (χ2n) is 2.98. The molecule has 92 valence electrons. The number of amides is 1. The van der Waals surface area contributed by atoms with Crippen molar-refractivity contribution in [1.82, 2.24) is 0 Å². The minimum Gasteiger partial charge on any atom is -0.465 e. The lowest BCUT2D eigenvalue weighted by molar-refractivity contribution is -0.113. The van der Waals surface area contributed by atoms with Crippen LogP contribution in [0.1, 0.15) is 10.4 Å². The highest BCUT2D eigenvalue weighted by molar-refractivity contribution is 9.09. The molecule has 0 spiro atoms. The van der Waals surface area contributed by atoms with Crippen LogP contribution >= 0.6 is 39.1 Å². The molecule has 0 unspecified atom stereocenters. The maximum atomic E-state index is 11.5. The molecule has 0 saturated heterocycles. The molecule has 0 saturated carbocycles. The maximum Gasteiger partial charge on any atom is 0.341 e. The van der Waals surface area contributed by atoms with Gasteiger partial charge in [-0.15, -0.1) is 0 Å². The number of halogens is 3. The molecule has 0 fully saturated rings. The van der Waals surface area contributed by atoms with E-state index in [2.05, 4.69) is 26.0 Å². The van der Waals surface area contributed by atoms with Crippen LogP contribution in [0.5, 0.6) is 0 Å². The molecule has 1 aromatic carbocycles. The summed E-state index contributed by atoms with van der Waals surface area (Å²) < 4.78 is 4.58. The van der Waals surface area contributed by atoms with E-state index in [1.165, 1.54) is 19.2 Å². The number of anilines is 1. The van der Waals surface area contributed by atoms with Crippen LogP contribution in [-0.2, 0) is 9.53 Å². The number of nitrogens with one attached hydrogen (secondary N) is 1. The zero-order valence-electron chi connectivity index (χ0n) is 8.72. The van der Waals surface area contributed by atoms with E-state index in [-0.39, 0.29) is 27.5 Å². The SMILES string of the molecule is COC(=O)c1c(Cl)cc(Cl)cc1NC(=O)CBr. The number of hydrogen-bond donors (Lipinski definition) is 1. The number of rotatable bonds is 3. The number of esters is 1. The Labute approximate surface area is 116 Å². The van der Waals surface area contributed by atoms with Crippen molar-refractivity contribution in [2.75, 3.05) is 17.8 Å². The minimum absolute atomic E-state index is 0.0767. The summed E-state index contributed by atoms with van der Waals surface area (Å²) >= 11 is 14.7. The highest BCUT2D eigenvalue weighted by atomic mass is 79.9. The van der Waals surface area contributed by atoms with Gasteiger partial charge in [-0.1, -0.05) is 39.1 Å². The third kappa shape index (κ3) is 3.59. The van der Waals surface area contributed by atoms with Crippen molar-refractivity contribution in [3.05, 3.63) is 27.7 Å². The van der Waals surface area contributed by atoms with Crippen LogP contribution < -0.4 is 5.32 Å². The second kappa shape index (κ2) is 6.23. The second-order valence-corrected chi connectivity index (χ2v) is 4.39. The standard InChI is InChI=1S/C10H8BrCl2NO3/c1-17-10(16)9-6(13)2-5(12)3-7(9)14-8(15)4-11/h2-3H,4H2,1H3,(H,14,15).